The first-order valence-corrected chi connectivity index (χ1v) is 8.84. The fourth-order valence-electron chi connectivity index (χ4n) is 2.33. The van der Waals surface area contributed by atoms with Gasteiger partial charge in [-0.25, -0.2) is 9.97 Å². The molecule has 0 aliphatic heterocycles. The second kappa shape index (κ2) is 6.66. The van der Waals surface area contributed by atoms with Crippen LogP contribution >= 0.6 is 22.6 Å². The molecule has 130 valence electrons. The number of ether oxygens (including phenoxy) is 1. The van der Waals surface area contributed by atoms with Gasteiger partial charge in [0.15, 0.2) is 0 Å². The number of hydrogen-bond donors (Lipinski definition) is 0. The molecular weight excluding hydrogens is 433 g/mol. The van der Waals surface area contributed by atoms with Crippen molar-refractivity contribution >= 4 is 39.5 Å². The summed E-state index contributed by atoms with van der Waals surface area (Å²) in [6.07, 6.45) is 5.20. The van der Waals surface area contributed by atoms with E-state index in [9.17, 15) is 4.79 Å². The summed E-state index contributed by atoms with van der Waals surface area (Å²) in [6.45, 7) is 7.41. The van der Waals surface area contributed by atoms with Gasteiger partial charge in [-0.1, -0.05) is 0 Å². The van der Waals surface area contributed by atoms with Crippen molar-refractivity contribution in [3.8, 4) is 11.3 Å². The monoisotopic (exact) mass is 451 g/mol. The highest BCUT2D eigenvalue weighted by atomic mass is 127. The van der Waals surface area contributed by atoms with E-state index in [-0.39, 0.29) is 12.5 Å². The number of nitrogens with zero attached hydrogens (tertiary/aromatic N) is 5. The zero-order valence-electron chi connectivity index (χ0n) is 14.4. The maximum Gasteiger partial charge on any atom is 0.328 e. The molecule has 0 saturated heterocycles. The van der Waals surface area contributed by atoms with Crippen molar-refractivity contribution in [3.63, 3.8) is 0 Å². The highest BCUT2D eigenvalue weighted by molar-refractivity contribution is 14.1. The van der Waals surface area contributed by atoms with Crippen molar-refractivity contribution < 1.29 is 9.53 Å². The lowest BCUT2D eigenvalue weighted by Crippen LogP contribution is -2.26. The van der Waals surface area contributed by atoms with Gasteiger partial charge >= 0.3 is 5.97 Å². The molecule has 0 radical (unpaired) electrons. The normalized spacial score (nSPS) is 11.7. The quantitative estimate of drug-likeness (QED) is 0.450. The minimum Gasteiger partial charge on any atom is -0.459 e. The van der Waals surface area contributed by atoms with Gasteiger partial charge < -0.3 is 4.74 Å². The van der Waals surface area contributed by atoms with Crippen LogP contribution in [0.1, 0.15) is 26.6 Å². The summed E-state index contributed by atoms with van der Waals surface area (Å²) < 4.78 is 7.78. The van der Waals surface area contributed by atoms with Gasteiger partial charge in [0.05, 0.1) is 17.4 Å². The van der Waals surface area contributed by atoms with Gasteiger partial charge in [-0.3, -0.25) is 14.5 Å². The second-order valence-corrected chi connectivity index (χ2v) is 7.66. The number of carbonyl (C=O) groups excluding carboxylic acids is 1. The van der Waals surface area contributed by atoms with Gasteiger partial charge in [0.25, 0.3) is 0 Å². The third-order valence-corrected chi connectivity index (χ3v) is 4.16. The average Bonchev–Trinajstić information content (AvgIpc) is 2.82. The first kappa shape index (κ1) is 17.7. The first-order valence-electron chi connectivity index (χ1n) is 7.76. The predicted octanol–water partition coefficient (Wildman–Crippen LogP) is 3.14. The molecule has 3 aromatic heterocycles. The van der Waals surface area contributed by atoms with E-state index in [2.05, 4.69) is 42.6 Å². The van der Waals surface area contributed by atoms with Crippen LogP contribution < -0.4 is 0 Å². The molecule has 0 aliphatic rings. The maximum absolute atomic E-state index is 12.1. The Morgan fingerprint density at radius 2 is 1.88 bits per heavy atom. The van der Waals surface area contributed by atoms with Crippen molar-refractivity contribution in [1.29, 1.82) is 0 Å². The summed E-state index contributed by atoms with van der Waals surface area (Å²) in [5.41, 5.74) is 1.86. The van der Waals surface area contributed by atoms with E-state index in [0.29, 0.717) is 5.82 Å². The molecule has 0 bridgehead atoms. The molecule has 7 nitrogen and oxygen atoms in total. The van der Waals surface area contributed by atoms with Crippen molar-refractivity contribution in [2.45, 2.75) is 39.8 Å². The Morgan fingerprint density at radius 1 is 1.20 bits per heavy atom. The van der Waals surface area contributed by atoms with Crippen molar-refractivity contribution in [3.05, 3.63) is 34.2 Å². The largest absolute Gasteiger partial charge is 0.459 e. The zero-order valence-corrected chi connectivity index (χ0v) is 16.6. The van der Waals surface area contributed by atoms with Crippen LogP contribution in [0.2, 0.25) is 0 Å². The lowest BCUT2D eigenvalue weighted by atomic mass is 10.2. The summed E-state index contributed by atoms with van der Waals surface area (Å²) in [5, 5.41) is 5.37. The van der Waals surface area contributed by atoms with E-state index in [1.165, 1.54) is 0 Å². The molecule has 0 spiro atoms. The molecule has 0 aliphatic carbocycles. The van der Waals surface area contributed by atoms with Crippen molar-refractivity contribution in [1.82, 2.24) is 24.7 Å². The van der Waals surface area contributed by atoms with Crippen LogP contribution in [0.5, 0.6) is 0 Å². The predicted molar refractivity (Wildman–Crippen MR) is 102 cm³/mol. The first-order chi connectivity index (χ1) is 11.7. The van der Waals surface area contributed by atoms with Gasteiger partial charge in [0, 0.05) is 23.3 Å². The lowest BCUT2D eigenvalue weighted by Gasteiger charge is -2.19. The average molecular weight is 451 g/mol. The fourth-order valence-corrected chi connectivity index (χ4v) is 3.02. The Bertz CT molecular complexity index is 929. The Balaban J connectivity index is 1.93. The Kier molecular flexibility index (Phi) is 4.72. The number of hydrogen-bond acceptors (Lipinski definition) is 6. The number of halogens is 1. The van der Waals surface area contributed by atoms with E-state index in [1.54, 1.807) is 23.3 Å². The maximum atomic E-state index is 12.1. The van der Waals surface area contributed by atoms with Crippen LogP contribution in [0.4, 0.5) is 0 Å². The molecule has 0 N–H and O–H groups in total. The zero-order chi connectivity index (χ0) is 18.2. The lowest BCUT2D eigenvalue weighted by molar-refractivity contribution is -0.155. The number of rotatable bonds is 3. The van der Waals surface area contributed by atoms with Gasteiger partial charge in [-0.15, -0.1) is 0 Å². The number of aryl methyl sites for hydroxylation is 1. The summed E-state index contributed by atoms with van der Waals surface area (Å²) in [5.74, 6) is 0.383. The minimum absolute atomic E-state index is 0.0471. The molecule has 3 heterocycles. The molecule has 25 heavy (non-hydrogen) atoms. The molecule has 0 unspecified atom stereocenters. The topological polar surface area (TPSA) is 82.8 Å². The fraction of sp³-hybridized carbons (Fsp3) is 0.353. The standard InChI is InChI=1S/C17H18IN5O2/c1-10-19-6-11(7-20-10)13-5-12-14(8-21-13)23(22-16(12)18)9-15(24)25-17(2,3)4/h5-8H,9H2,1-4H3. The van der Waals surface area contributed by atoms with Gasteiger partial charge in [0.2, 0.25) is 0 Å². The van der Waals surface area contributed by atoms with E-state index in [4.69, 9.17) is 4.74 Å². The molecule has 0 aromatic carbocycles. The summed E-state index contributed by atoms with van der Waals surface area (Å²) >= 11 is 2.15. The molecule has 0 saturated carbocycles. The van der Waals surface area contributed by atoms with Gasteiger partial charge in [-0.2, -0.15) is 5.10 Å². The second-order valence-electron chi connectivity index (χ2n) is 6.64. The van der Waals surface area contributed by atoms with E-state index in [1.807, 2.05) is 33.8 Å². The Hall–Kier alpha value is -2.10. The number of fused-ring (bicyclic) bond motifs is 1. The van der Waals surface area contributed by atoms with Crippen LogP contribution in [0.25, 0.3) is 22.2 Å². The van der Waals surface area contributed by atoms with Crippen LogP contribution in [0, 0.1) is 10.6 Å². The molecule has 3 rings (SSSR count). The number of esters is 1. The smallest absolute Gasteiger partial charge is 0.328 e. The summed E-state index contributed by atoms with van der Waals surface area (Å²) in [4.78, 5) is 24.9. The third kappa shape index (κ3) is 4.12. The highest BCUT2D eigenvalue weighted by Crippen LogP contribution is 2.25. The molecule has 3 aromatic rings. The van der Waals surface area contributed by atoms with E-state index in [0.717, 1.165) is 25.9 Å². The van der Waals surface area contributed by atoms with Gasteiger partial charge in [-0.05, 0) is 56.4 Å². The van der Waals surface area contributed by atoms with Crippen LogP contribution in [-0.4, -0.2) is 36.3 Å². The Labute approximate surface area is 159 Å². The number of pyridine rings is 1. The van der Waals surface area contributed by atoms with Crippen LogP contribution in [-0.2, 0) is 16.1 Å². The molecule has 0 atom stereocenters. The van der Waals surface area contributed by atoms with Crippen LogP contribution in [0.15, 0.2) is 24.7 Å². The highest BCUT2D eigenvalue weighted by Gasteiger charge is 2.19. The van der Waals surface area contributed by atoms with E-state index < -0.39 is 5.60 Å². The SMILES string of the molecule is Cc1ncc(-c2cc3c(I)nn(CC(=O)OC(C)(C)C)c3cn2)cn1. The van der Waals surface area contributed by atoms with Crippen molar-refractivity contribution in [2.24, 2.45) is 0 Å². The number of carbonyl (C=O) groups is 1. The summed E-state index contributed by atoms with van der Waals surface area (Å²) in [6, 6.07) is 1.93. The molecule has 0 fully saturated rings. The third-order valence-electron chi connectivity index (χ3n) is 3.37. The van der Waals surface area contributed by atoms with Gasteiger partial charge in [0.1, 0.15) is 21.7 Å². The Morgan fingerprint density at radius 3 is 2.52 bits per heavy atom. The molecule has 8 heteroatoms. The minimum atomic E-state index is -0.524. The van der Waals surface area contributed by atoms with Crippen LogP contribution in [0.3, 0.4) is 0 Å². The molecular formula is C17H18IN5O2. The van der Waals surface area contributed by atoms with E-state index >= 15 is 0 Å². The van der Waals surface area contributed by atoms with Crippen molar-refractivity contribution in [2.75, 3.05) is 0 Å². The molecule has 0 amide bonds. The summed E-state index contributed by atoms with van der Waals surface area (Å²) in [7, 11) is 0. The number of aromatic nitrogens is 5.